The Morgan fingerprint density at radius 1 is 1.24 bits per heavy atom. The van der Waals surface area contributed by atoms with Gasteiger partial charge in [0, 0.05) is 17.7 Å². The first-order valence-corrected chi connectivity index (χ1v) is 8.61. The fourth-order valence-electron chi connectivity index (χ4n) is 5.56. The summed E-state index contributed by atoms with van der Waals surface area (Å²) in [4.78, 5) is 13.0. The van der Waals surface area contributed by atoms with Crippen LogP contribution >= 0.6 is 0 Å². The molecule has 114 valence electrons. The monoisotopic (exact) mass is 286 g/mol. The summed E-state index contributed by atoms with van der Waals surface area (Å²) >= 11 is 0. The summed E-state index contributed by atoms with van der Waals surface area (Å²) in [5.41, 5.74) is 0.987. The minimum absolute atomic E-state index is 0.0242. The summed E-state index contributed by atoms with van der Waals surface area (Å²) in [5.74, 6) is 3.01. The van der Waals surface area contributed by atoms with Gasteiger partial charge in [-0.15, -0.1) is 0 Å². The molecule has 0 aromatic carbocycles. The number of Topliss-reactive ketones (excluding diaryl/α,β-unsaturated/α-hetero) is 1. The van der Waals surface area contributed by atoms with Gasteiger partial charge in [-0.25, -0.2) is 0 Å². The molecule has 1 aromatic heterocycles. The molecule has 4 fully saturated rings. The average Bonchev–Trinajstić information content (AvgIpc) is 2.85. The Kier molecular flexibility index (Phi) is 3.02. The van der Waals surface area contributed by atoms with E-state index in [0.29, 0.717) is 18.2 Å². The van der Waals surface area contributed by atoms with Gasteiger partial charge in [0.1, 0.15) is 5.78 Å². The van der Waals surface area contributed by atoms with Crippen LogP contribution in [0.1, 0.15) is 64.1 Å². The van der Waals surface area contributed by atoms with Gasteiger partial charge in [0.15, 0.2) is 0 Å². The molecule has 3 heteroatoms. The van der Waals surface area contributed by atoms with Crippen molar-refractivity contribution in [3.05, 3.63) is 18.0 Å². The zero-order valence-corrected chi connectivity index (χ0v) is 13.2. The van der Waals surface area contributed by atoms with Crippen molar-refractivity contribution in [1.29, 1.82) is 0 Å². The van der Waals surface area contributed by atoms with Gasteiger partial charge in [-0.3, -0.25) is 9.48 Å². The summed E-state index contributed by atoms with van der Waals surface area (Å²) in [5, 5.41) is 4.57. The first-order valence-electron chi connectivity index (χ1n) is 8.61. The SMILES string of the molecule is CC(C)n1ccc(CC(=O)C23CC4CC(CC(C4)C2)C3)n1. The number of ketones is 1. The number of rotatable bonds is 4. The summed E-state index contributed by atoms with van der Waals surface area (Å²) in [6.07, 6.45) is 10.3. The molecule has 4 bridgehead atoms. The largest absolute Gasteiger partial charge is 0.299 e. The Balaban J connectivity index is 1.51. The number of carbonyl (C=O) groups excluding carboxylic acids is 1. The predicted molar refractivity (Wildman–Crippen MR) is 81.9 cm³/mol. The summed E-state index contributed by atoms with van der Waals surface area (Å²) in [7, 11) is 0. The van der Waals surface area contributed by atoms with Crippen molar-refractivity contribution in [2.24, 2.45) is 23.2 Å². The Labute approximate surface area is 127 Å². The smallest absolute Gasteiger partial charge is 0.145 e. The molecule has 0 spiro atoms. The summed E-state index contributed by atoms with van der Waals surface area (Å²) < 4.78 is 1.96. The van der Waals surface area contributed by atoms with Crippen LogP contribution in [0.2, 0.25) is 0 Å². The maximum absolute atomic E-state index is 13.0. The molecule has 0 unspecified atom stereocenters. The molecule has 5 rings (SSSR count). The first-order chi connectivity index (χ1) is 10.0. The van der Waals surface area contributed by atoms with Crippen LogP contribution in [0.4, 0.5) is 0 Å². The third-order valence-corrected chi connectivity index (χ3v) is 6.16. The molecule has 1 aromatic rings. The van der Waals surface area contributed by atoms with E-state index in [4.69, 9.17) is 0 Å². The van der Waals surface area contributed by atoms with Gasteiger partial charge >= 0.3 is 0 Å². The molecular weight excluding hydrogens is 260 g/mol. The number of carbonyl (C=O) groups is 1. The van der Waals surface area contributed by atoms with Gasteiger partial charge in [0.25, 0.3) is 0 Å². The Morgan fingerprint density at radius 3 is 2.29 bits per heavy atom. The molecule has 1 heterocycles. The van der Waals surface area contributed by atoms with Crippen LogP contribution in [-0.4, -0.2) is 15.6 Å². The highest BCUT2D eigenvalue weighted by atomic mass is 16.1. The lowest BCUT2D eigenvalue weighted by atomic mass is 9.48. The van der Waals surface area contributed by atoms with Gasteiger partial charge in [0.05, 0.1) is 12.1 Å². The molecule has 21 heavy (non-hydrogen) atoms. The molecule has 3 nitrogen and oxygen atoms in total. The van der Waals surface area contributed by atoms with Crippen LogP contribution in [0.3, 0.4) is 0 Å². The maximum Gasteiger partial charge on any atom is 0.145 e. The third kappa shape index (κ3) is 2.25. The lowest BCUT2D eigenvalue weighted by Gasteiger charge is -2.56. The van der Waals surface area contributed by atoms with E-state index < -0.39 is 0 Å². The number of hydrogen-bond donors (Lipinski definition) is 0. The highest BCUT2D eigenvalue weighted by Crippen LogP contribution is 2.60. The van der Waals surface area contributed by atoms with E-state index in [1.807, 2.05) is 16.9 Å². The van der Waals surface area contributed by atoms with Crippen LogP contribution < -0.4 is 0 Å². The normalized spacial score (nSPS) is 37.4. The van der Waals surface area contributed by atoms with Gasteiger partial charge in [-0.2, -0.15) is 5.10 Å². The van der Waals surface area contributed by atoms with Crippen molar-refractivity contribution in [2.75, 3.05) is 0 Å². The Bertz CT molecular complexity index is 522. The van der Waals surface area contributed by atoms with Gasteiger partial charge in [0.2, 0.25) is 0 Å². The highest BCUT2D eigenvalue weighted by molar-refractivity contribution is 5.87. The van der Waals surface area contributed by atoms with E-state index in [-0.39, 0.29) is 5.41 Å². The Morgan fingerprint density at radius 2 is 1.81 bits per heavy atom. The second kappa shape index (κ2) is 4.69. The van der Waals surface area contributed by atoms with Crippen molar-refractivity contribution < 1.29 is 4.79 Å². The third-order valence-electron chi connectivity index (χ3n) is 6.16. The summed E-state index contributed by atoms with van der Waals surface area (Å²) in [6.45, 7) is 4.25. The predicted octanol–water partition coefficient (Wildman–Crippen LogP) is 3.79. The van der Waals surface area contributed by atoms with E-state index in [2.05, 4.69) is 18.9 Å². The standard InChI is InChI=1S/C18H26N2O/c1-12(2)20-4-3-16(19-20)8-17(21)18-9-13-5-14(10-18)7-15(6-13)11-18/h3-4,12-15H,5-11H2,1-2H3. The fraction of sp³-hybridized carbons (Fsp3) is 0.778. The average molecular weight is 286 g/mol. The van der Waals surface area contributed by atoms with Crippen LogP contribution in [0, 0.1) is 23.2 Å². The number of hydrogen-bond acceptors (Lipinski definition) is 2. The second-order valence-electron chi connectivity index (χ2n) is 8.18. The minimum atomic E-state index is 0.0242. The molecular formula is C18H26N2O. The topological polar surface area (TPSA) is 34.9 Å². The van der Waals surface area contributed by atoms with Gasteiger partial charge in [-0.1, -0.05) is 0 Å². The van der Waals surface area contributed by atoms with Crippen molar-refractivity contribution >= 4 is 5.78 Å². The maximum atomic E-state index is 13.0. The molecule has 0 atom stereocenters. The molecule has 4 saturated carbocycles. The first kappa shape index (κ1) is 13.5. The van der Waals surface area contributed by atoms with Crippen LogP contribution in [-0.2, 0) is 11.2 Å². The van der Waals surface area contributed by atoms with Crippen molar-refractivity contribution in [3.63, 3.8) is 0 Å². The lowest BCUT2D eigenvalue weighted by molar-refractivity contribution is -0.143. The van der Waals surface area contributed by atoms with Crippen LogP contribution in [0.15, 0.2) is 12.3 Å². The quantitative estimate of drug-likeness (QED) is 0.844. The van der Waals surface area contributed by atoms with E-state index in [1.54, 1.807) is 0 Å². The van der Waals surface area contributed by atoms with Gasteiger partial charge in [-0.05, 0) is 76.2 Å². The number of nitrogens with zero attached hydrogens (tertiary/aromatic N) is 2. The molecule has 0 radical (unpaired) electrons. The fourth-order valence-corrected chi connectivity index (χ4v) is 5.56. The van der Waals surface area contributed by atoms with Crippen molar-refractivity contribution in [3.8, 4) is 0 Å². The van der Waals surface area contributed by atoms with Crippen molar-refractivity contribution in [1.82, 2.24) is 9.78 Å². The zero-order chi connectivity index (χ0) is 14.6. The van der Waals surface area contributed by atoms with E-state index in [9.17, 15) is 4.79 Å². The van der Waals surface area contributed by atoms with E-state index in [0.717, 1.165) is 23.4 Å². The second-order valence-corrected chi connectivity index (χ2v) is 8.18. The minimum Gasteiger partial charge on any atom is -0.299 e. The molecule has 0 N–H and O–H groups in total. The van der Waals surface area contributed by atoms with Gasteiger partial charge < -0.3 is 0 Å². The summed E-state index contributed by atoms with van der Waals surface area (Å²) in [6, 6.07) is 2.40. The van der Waals surface area contributed by atoms with E-state index in [1.165, 1.54) is 38.5 Å². The molecule has 0 saturated heterocycles. The molecule has 4 aliphatic carbocycles. The Hall–Kier alpha value is -1.12. The molecule has 0 aliphatic heterocycles. The molecule has 4 aliphatic rings. The lowest BCUT2D eigenvalue weighted by Crippen LogP contribution is -2.50. The van der Waals surface area contributed by atoms with Crippen LogP contribution in [0.25, 0.3) is 0 Å². The van der Waals surface area contributed by atoms with E-state index >= 15 is 0 Å². The zero-order valence-electron chi connectivity index (χ0n) is 13.2. The number of aromatic nitrogens is 2. The van der Waals surface area contributed by atoms with Crippen molar-refractivity contribution in [2.45, 2.75) is 64.8 Å². The van der Waals surface area contributed by atoms with Crippen LogP contribution in [0.5, 0.6) is 0 Å². The molecule has 0 amide bonds. The highest BCUT2D eigenvalue weighted by Gasteiger charge is 2.54.